The Morgan fingerprint density at radius 3 is 2.31 bits per heavy atom. The van der Waals surface area contributed by atoms with E-state index in [4.69, 9.17) is 0 Å². The van der Waals surface area contributed by atoms with Crippen LogP contribution in [0.1, 0.15) is 52.9 Å². The van der Waals surface area contributed by atoms with Crippen molar-refractivity contribution in [3.05, 3.63) is 0 Å². The largest absolute Gasteiger partial charge is 0.390 e. The molecule has 0 aliphatic carbocycles. The number of hydrogen-bond donors (Lipinski definition) is 2. The Balaban J connectivity index is 3.39. The lowest BCUT2D eigenvalue weighted by Crippen LogP contribution is -2.26. The maximum Gasteiger partial charge on any atom is 0.0620 e. The molecule has 0 bridgehead atoms. The van der Waals surface area contributed by atoms with Gasteiger partial charge in [0.05, 0.1) is 5.60 Å². The fourth-order valence-electron chi connectivity index (χ4n) is 1.45. The van der Waals surface area contributed by atoms with Gasteiger partial charge in [0.2, 0.25) is 0 Å². The van der Waals surface area contributed by atoms with Crippen molar-refractivity contribution >= 4 is 0 Å². The number of hydrogen-bond acceptors (Lipinski definition) is 2. The summed E-state index contributed by atoms with van der Waals surface area (Å²) in [6.45, 7) is 8.27. The third-order valence-corrected chi connectivity index (χ3v) is 2.39. The summed E-state index contributed by atoms with van der Waals surface area (Å²) in [6.07, 6.45) is 5.23. The van der Waals surface area contributed by atoms with Gasteiger partial charge in [0.25, 0.3) is 0 Å². The van der Waals surface area contributed by atoms with Crippen LogP contribution < -0.4 is 5.32 Å². The fourth-order valence-corrected chi connectivity index (χ4v) is 1.45. The average molecular weight is 187 g/mol. The van der Waals surface area contributed by atoms with Crippen LogP contribution in [0.25, 0.3) is 0 Å². The van der Waals surface area contributed by atoms with Gasteiger partial charge in [-0.15, -0.1) is 0 Å². The lowest BCUT2D eigenvalue weighted by Gasteiger charge is -2.22. The molecule has 0 aromatic rings. The minimum atomic E-state index is -0.439. The van der Waals surface area contributed by atoms with Crippen molar-refractivity contribution < 1.29 is 5.11 Å². The predicted molar refractivity (Wildman–Crippen MR) is 57.9 cm³/mol. The van der Waals surface area contributed by atoms with Gasteiger partial charge < -0.3 is 10.4 Å². The molecule has 0 aromatic carbocycles. The molecule has 0 amide bonds. The summed E-state index contributed by atoms with van der Waals surface area (Å²) < 4.78 is 0. The third kappa shape index (κ3) is 8.26. The van der Waals surface area contributed by atoms with Crippen molar-refractivity contribution in [1.82, 2.24) is 5.32 Å². The molecule has 0 rings (SSSR count). The molecule has 0 saturated carbocycles. The van der Waals surface area contributed by atoms with Crippen LogP contribution in [0.5, 0.6) is 0 Å². The van der Waals surface area contributed by atoms with Crippen LogP contribution in [0, 0.1) is 0 Å². The highest BCUT2D eigenvalue weighted by molar-refractivity contribution is 4.72. The van der Waals surface area contributed by atoms with E-state index < -0.39 is 5.60 Å². The van der Waals surface area contributed by atoms with Crippen LogP contribution in [0.2, 0.25) is 0 Å². The number of aliphatic hydroxyl groups is 1. The summed E-state index contributed by atoms with van der Waals surface area (Å²) >= 11 is 0. The molecule has 80 valence electrons. The summed E-state index contributed by atoms with van der Waals surface area (Å²) in [4.78, 5) is 0. The second-order valence-electron chi connectivity index (χ2n) is 4.06. The van der Waals surface area contributed by atoms with Gasteiger partial charge in [0.1, 0.15) is 0 Å². The van der Waals surface area contributed by atoms with E-state index in [1.54, 1.807) is 0 Å². The van der Waals surface area contributed by atoms with Gasteiger partial charge in [-0.3, -0.25) is 0 Å². The summed E-state index contributed by atoms with van der Waals surface area (Å²) in [5.41, 5.74) is -0.439. The maximum atomic E-state index is 9.92. The summed E-state index contributed by atoms with van der Waals surface area (Å²) in [6, 6.07) is 0. The molecular weight excluding hydrogens is 162 g/mol. The van der Waals surface area contributed by atoms with E-state index in [1.807, 2.05) is 6.92 Å². The highest BCUT2D eigenvalue weighted by atomic mass is 16.3. The quantitative estimate of drug-likeness (QED) is 0.572. The van der Waals surface area contributed by atoms with E-state index in [9.17, 15) is 5.11 Å². The van der Waals surface area contributed by atoms with E-state index in [-0.39, 0.29) is 0 Å². The minimum absolute atomic E-state index is 0.439. The second kappa shape index (κ2) is 7.34. The van der Waals surface area contributed by atoms with Gasteiger partial charge in [0.15, 0.2) is 0 Å². The Morgan fingerprint density at radius 2 is 1.77 bits per heavy atom. The second-order valence-corrected chi connectivity index (χ2v) is 4.06. The van der Waals surface area contributed by atoms with Gasteiger partial charge >= 0.3 is 0 Å². The first-order valence-corrected chi connectivity index (χ1v) is 5.55. The summed E-state index contributed by atoms with van der Waals surface area (Å²) in [5.74, 6) is 0. The maximum absolute atomic E-state index is 9.92. The molecule has 2 nitrogen and oxygen atoms in total. The Morgan fingerprint density at radius 1 is 1.15 bits per heavy atom. The highest BCUT2D eigenvalue weighted by Crippen LogP contribution is 2.18. The monoisotopic (exact) mass is 187 g/mol. The molecule has 13 heavy (non-hydrogen) atoms. The smallest absolute Gasteiger partial charge is 0.0620 e. The molecule has 0 aliphatic rings. The highest BCUT2D eigenvalue weighted by Gasteiger charge is 2.18. The van der Waals surface area contributed by atoms with E-state index in [0.29, 0.717) is 0 Å². The normalized spacial score (nSPS) is 15.7. The summed E-state index contributed by atoms with van der Waals surface area (Å²) in [7, 11) is 0. The Labute approximate surface area is 82.7 Å². The first-order chi connectivity index (χ1) is 6.12. The van der Waals surface area contributed by atoms with Crippen LogP contribution >= 0.6 is 0 Å². The van der Waals surface area contributed by atoms with Crippen molar-refractivity contribution in [3.8, 4) is 0 Å². The van der Waals surface area contributed by atoms with Crippen LogP contribution in [-0.4, -0.2) is 23.8 Å². The topological polar surface area (TPSA) is 32.3 Å². The molecule has 1 atom stereocenters. The van der Waals surface area contributed by atoms with Crippen molar-refractivity contribution in [2.45, 2.75) is 58.5 Å². The Hall–Kier alpha value is -0.0800. The minimum Gasteiger partial charge on any atom is -0.390 e. The van der Waals surface area contributed by atoms with Gasteiger partial charge in [-0.2, -0.15) is 0 Å². The zero-order chi connectivity index (χ0) is 10.2. The number of rotatable bonds is 8. The van der Waals surface area contributed by atoms with Gasteiger partial charge in [-0.05, 0) is 39.3 Å². The van der Waals surface area contributed by atoms with Crippen molar-refractivity contribution in [3.63, 3.8) is 0 Å². The molecule has 2 heteroatoms. The van der Waals surface area contributed by atoms with Crippen LogP contribution in [0.4, 0.5) is 0 Å². The fraction of sp³-hybridized carbons (Fsp3) is 1.00. The van der Waals surface area contributed by atoms with Crippen molar-refractivity contribution in [1.29, 1.82) is 0 Å². The van der Waals surface area contributed by atoms with Crippen molar-refractivity contribution in [2.75, 3.05) is 13.1 Å². The molecule has 0 aromatic heterocycles. The van der Waals surface area contributed by atoms with E-state index in [0.717, 1.165) is 38.8 Å². The van der Waals surface area contributed by atoms with E-state index in [1.165, 1.54) is 6.42 Å². The van der Waals surface area contributed by atoms with Crippen molar-refractivity contribution in [2.24, 2.45) is 0 Å². The van der Waals surface area contributed by atoms with E-state index in [2.05, 4.69) is 19.2 Å². The molecule has 0 fully saturated rings. The van der Waals surface area contributed by atoms with E-state index >= 15 is 0 Å². The lowest BCUT2D eigenvalue weighted by atomic mass is 9.94. The molecule has 0 heterocycles. The zero-order valence-electron chi connectivity index (χ0n) is 9.40. The molecule has 0 radical (unpaired) electrons. The first-order valence-electron chi connectivity index (χ1n) is 5.55. The molecule has 1 unspecified atom stereocenters. The van der Waals surface area contributed by atoms with Crippen LogP contribution in [0.3, 0.4) is 0 Å². The Kier molecular flexibility index (Phi) is 7.29. The molecule has 2 N–H and O–H groups in total. The lowest BCUT2D eigenvalue weighted by molar-refractivity contribution is 0.0379. The average Bonchev–Trinajstić information content (AvgIpc) is 2.09. The van der Waals surface area contributed by atoms with Crippen LogP contribution in [0.15, 0.2) is 0 Å². The standard InChI is InChI=1S/C11H25NO/c1-4-6-8-11(3,13)9-7-10-12-5-2/h12-13H,4-10H2,1-3H3. The zero-order valence-corrected chi connectivity index (χ0v) is 9.40. The predicted octanol–water partition coefficient (Wildman–Crippen LogP) is 2.32. The molecule has 0 aliphatic heterocycles. The molecule has 0 spiro atoms. The molecular formula is C11H25NO. The van der Waals surface area contributed by atoms with Gasteiger partial charge in [-0.25, -0.2) is 0 Å². The van der Waals surface area contributed by atoms with Crippen LogP contribution in [-0.2, 0) is 0 Å². The van der Waals surface area contributed by atoms with Gasteiger partial charge in [0, 0.05) is 0 Å². The molecule has 0 saturated heterocycles. The SMILES string of the molecule is CCCCC(C)(O)CCCNCC. The summed E-state index contributed by atoms with van der Waals surface area (Å²) in [5, 5.41) is 13.2. The number of nitrogens with one attached hydrogen (secondary N) is 1. The number of unbranched alkanes of at least 4 members (excludes halogenated alkanes) is 1. The Bertz CT molecular complexity index is 113. The third-order valence-electron chi connectivity index (χ3n) is 2.39. The van der Waals surface area contributed by atoms with Gasteiger partial charge in [-0.1, -0.05) is 26.7 Å². The first kappa shape index (κ1) is 12.9.